The first kappa shape index (κ1) is 23.3. The molecule has 9 nitrogen and oxygen atoms in total. The summed E-state index contributed by atoms with van der Waals surface area (Å²) in [6.07, 6.45) is 1.03. The maximum absolute atomic E-state index is 13.2. The first-order chi connectivity index (χ1) is 16.9. The molecule has 2 aromatic carbocycles. The minimum atomic E-state index is -3.83. The van der Waals surface area contributed by atoms with Gasteiger partial charge in [0.15, 0.2) is 10.9 Å². The molecule has 5 rings (SSSR count). The molecule has 35 heavy (non-hydrogen) atoms. The van der Waals surface area contributed by atoms with E-state index in [-0.39, 0.29) is 11.4 Å². The Labute approximate surface area is 206 Å². The van der Waals surface area contributed by atoms with E-state index in [0.717, 1.165) is 5.39 Å². The Balaban J connectivity index is 1.32. The Morgan fingerprint density at radius 1 is 1.11 bits per heavy atom. The number of hydrogen-bond acceptors (Lipinski definition) is 8. The van der Waals surface area contributed by atoms with Crippen molar-refractivity contribution in [3.8, 4) is 23.0 Å². The van der Waals surface area contributed by atoms with E-state index < -0.39 is 22.0 Å². The topological polar surface area (TPSA) is 111 Å². The Morgan fingerprint density at radius 2 is 1.86 bits per heavy atom. The Hall–Kier alpha value is -3.41. The van der Waals surface area contributed by atoms with Crippen LogP contribution < -0.4 is 14.8 Å². The van der Waals surface area contributed by atoms with Crippen molar-refractivity contribution in [1.29, 1.82) is 0 Å². The summed E-state index contributed by atoms with van der Waals surface area (Å²) in [7, 11) is -0.729. The molecule has 1 fully saturated rings. The SMILES string of the molecule is COc1ccc(S(=O)(=O)N2CCCC2C(=O)Nc2nc(-c3cc4ccc(OC)cc4o3)cs2)cc1. The van der Waals surface area contributed by atoms with Gasteiger partial charge in [0.05, 0.1) is 19.1 Å². The highest BCUT2D eigenvalue weighted by molar-refractivity contribution is 7.89. The van der Waals surface area contributed by atoms with Gasteiger partial charge in [-0.3, -0.25) is 4.79 Å². The predicted octanol–water partition coefficient (Wildman–Crippen LogP) is 4.37. The molecule has 1 saturated heterocycles. The number of carbonyl (C=O) groups excluding carboxylic acids is 1. The first-order valence-electron chi connectivity index (χ1n) is 10.9. The zero-order chi connectivity index (χ0) is 24.6. The number of benzene rings is 2. The van der Waals surface area contributed by atoms with Crippen LogP contribution in [-0.4, -0.2) is 50.4 Å². The molecule has 4 aromatic rings. The van der Waals surface area contributed by atoms with Crippen LogP contribution in [0.25, 0.3) is 22.4 Å². The van der Waals surface area contributed by atoms with E-state index in [1.54, 1.807) is 30.7 Å². The van der Waals surface area contributed by atoms with Crippen molar-refractivity contribution in [2.45, 2.75) is 23.8 Å². The number of furan rings is 1. The maximum Gasteiger partial charge on any atom is 0.244 e. The van der Waals surface area contributed by atoms with Gasteiger partial charge in [0.1, 0.15) is 28.8 Å². The molecule has 0 saturated carbocycles. The van der Waals surface area contributed by atoms with E-state index in [1.807, 2.05) is 18.2 Å². The fraction of sp³-hybridized carbons (Fsp3) is 0.250. The highest BCUT2D eigenvalue weighted by atomic mass is 32.2. The Kier molecular flexibility index (Phi) is 6.22. The van der Waals surface area contributed by atoms with Crippen molar-refractivity contribution in [3.63, 3.8) is 0 Å². The Bertz CT molecular complexity index is 1480. The van der Waals surface area contributed by atoms with Crippen molar-refractivity contribution in [1.82, 2.24) is 9.29 Å². The van der Waals surface area contributed by atoms with Crippen molar-refractivity contribution < 1.29 is 27.1 Å². The van der Waals surface area contributed by atoms with Crippen molar-refractivity contribution in [2.75, 3.05) is 26.1 Å². The number of methoxy groups -OCH3 is 2. The number of aromatic nitrogens is 1. The second-order valence-electron chi connectivity index (χ2n) is 7.99. The standard InChI is InChI=1S/C24H23N3O6S2/c1-31-16-7-9-18(10-8-16)35(29,30)27-11-3-4-20(27)23(28)26-24-25-19(14-34-24)22-12-15-5-6-17(32-2)13-21(15)33-22/h5-10,12-14,20H,3-4,11H2,1-2H3,(H,25,26,28). The van der Waals surface area contributed by atoms with Crippen LogP contribution in [0.3, 0.4) is 0 Å². The highest BCUT2D eigenvalue weighted by Crippen LogP contribution is 2.33. The number of thiazole rings is 1. The molecule has 1 atom stereocenters. The number of rotatable bonds is 7. The summed E-state index contributed by atoms with van der Waals surface area (Å²) < 4.78 is 43.9. The summed E-state index contributed by atoms with van der Waals surface area (Å²) in [6, 6.07) is 12.7. The molecular formula is C24H23N3O6S2. The number of ether oxygens (including phenoxy) is 2. The molecule has 2 aromatic heterocycles. The van der Waals surface area contributed by atoms with Crippen LogP contribution in [0, 0.1) is 0 Å². The number of hydrogen-bond donors (Lipinski definition) is 1. The molecular weight excluding hydrogens is 490 g/mol. The third-order valence-electron chi connectivity index (χ3n) is 5.89. The first-order valence-corrected chi connectivity index (χ1v) is 13.2. The predicted molar refractivity (Wildman–Crippen MR) is 132 cm³/mol. The smallest absolute Gasteiger partial charge is 0.244 e. The van der Waals surface area contributed by atoms with Crippen LogP contribution in [0.4, 0.5) is 5.13 Å². The summed E-state index contributed by atoms with van der Waals surface area (Å²) in [5.41, 5.74) is 1.25. The molecule has 1 unspecified atom stereocenters. The molecule has 1 aliphatic rings. The van der Waals surface area contributed by atoms with E-state index >= 15 is 0 Å². The number of sulfonamides is 1. The summed E-state index contributed by atoms with van der Waals surface area (Å²) >= 11 is 1.25. The average molecular weight is 514 g/mol. The molecule has 0 radical (unpaired) electrons. The molecule has 0 aliphatic carbocycles. The Morgan fingerprint density at radius 3 is 2.60 bits per heavy atom. The number of anilines is 1. The molecule has 1 aliphatic heterocycles. The van der Waals surface area contributed by atoms with E-state index in [2.05, 4.69) is 10.3 Å². The number of fused-ring (bicyclic) bond motifs is 1. The third kappa shape index (κ3) is 4.49. The summed E-state index contributed by atoms with van der Waals surface area (Å²) in [5, 5.41) is 5.84. The van der Waals surface area contributed by atoms with Gasteiger partial charge in [0, 0.05) is 23.4 Å². The monoisotopic (exact) mass is 513 g/mol. The van der Waals surface area contributed by atoms with Crippen molar-refractivity contribution in [2.24, 2.45) is 0 Å². The minimum Gasteiger partial charge on any atom is -0.497 e. The van der Waals surface area contributed by atoms with Gasteiger partial charge in [-0.05, 0) is 55.3 Å². The highest BCUT2D eigenvalue weighted by Gasteiger charge is 2.39. The lowest BCUT2D eigenvalue weighted by molar-refractivity contribution is -0.119. The van der Waals surface area contributed by atoms with Gasteiger partial charge in [0.2, 0.25) is 15.9 Å². The number of nitrogens with zero attached hydrogens (tertiary/aromatic N) is 2. The van der Waals surface area contributed by atoms with E-state index in [1.165, 1.54) is 34.9 Å². The molecule has 3 heterocycles. The van der Waals surface area contributed by atoms with Crippen LogP contribution in [0.1, 0.15) is 12.8 Å². The van der Waals surface area contributed by atoms with Crippen LogP contribution in [0.5, 0.6) is 11.5 Å². The second-order valence-corrected chi connectivity index (χ2v) is 10.7. The summed E-state index contributed by atoms with van der Waals surface area (Å²) in [4.78, 5) is 17.6. The quantitative estimate of drug-likeness (QED) is 0.391. The van der Waals surface area contributed by atoms with Gasteiger partial charge in [-0.15, -0.1) is 11.3 Å². The van der Waals surface area contributed by atoms with Gasteiger partial charge in [-0.25, -0.2) is 13.4 Å². The van der Waals surface area contributed by atoms with Crippen LogP contribution in [0.2, 0.25) is 0 Å². The molecule has 1 N–H and O–H groups in total. The lowest BCUT2D eigenvalue weighted by atomic mass is 10.2. The van der Waals surface area contributed by atoms with E-state index in [0.29, 0.717) is 46.5 Å². The zero-order valence-corrected chi connectivity index (χ0v) is 20.7. The van der Waals surface area contributed by atoms with Crippen LogP contribution in [-0.2, 0) is 14.8 Å². The normalized spacial score (nSPS) is 16.5. The average Bonchev–Trinajstić information content (AvgIpc) is 3.62. The van der Waals surface area contributed by atoms with Gasteiger partial charge in [0.25, 0.3) is 0 Å². The molecule has 0 bridgehead atoms. The number of nitrogens with one attached hydrogen (secondary N) is 1. The van der Waals surface area contributed by atoms with Gasteiger partial charge >= 0.3 is 0 Å². The van der Waals surface area contributed by atoms with Crippen molar-refractivity contribution >= 4 is 43.4 Å². The van der Waals surface area contributed by atoms with Crippen LogP contribution >= 0.6 is 11.3 Å². The fourth-order valence-corrected chi connectivity index (χ4v) is 6.43. The zero-order valence-electron chi connectivity index (χ0n) is 19.1. The van der Waals surface area contributed by atoms with Gasteiger partial charge in [-0.1, -0.05) is 0 Å². The van der Waals surface area contributed by atoms with Gasteiger partial charge < -0.3 is 19.2 Å². The lowest BCUT2D eigenvalue weighted by Crippen LogP contribution is -2.43. The van der Waals surface area contributed by atoms with Crippen LogP contribution in [0.15, 0.2) is 63.2 Å². The number of carbonyl (C=O) groups is 1. The third-order valence-corrected chi connectivity index (χ3v) is 8.57. The van der Waals surface area contributed by atoms with E-state index in [9.17, 15) is 13.2 Å². The minimum absolute atomic E-state index is 0.121. The second kappa shape index (κ2) is 9.33. The summed E-state index contributed by atoms with van der Waals surface area (Å²) in [6.45, 7) is 0.276. The van der Waals surface area contributed by atoms with Crippen molar-refractivity contribution in [3.05, 3.63) is 53.9 Å². The fourth-order valence-electron chi connectivity index (χ4n) is 4.07. The maximum atomic E-state index is 13.2. The molecule has 182 valence electrons. The summed E-state index contributed by atoms with van der Waals surface area (Å²) in [5.74, 6) is 1.41. The largest absolute Gasteiger partial charge is 0.497 e. The van der Waals surface area contributed by atoms with Gasteiger partial charge in [-0.2, -0.15) is 4.31 Å². The molecule has 0 spiro atoms. The molecule has 1 amide bonds. The number of amides is 1. The molecule has 11 heteroatoms. The lowest BCUT2D eigenvalue weighted by Gasteiger charge is -2.23. The van der Waals surface area contributed by atoms with E-state index in [4.69, 9.17) is 13.9 Å².